The summed E-state index contributed by atoms with van der Waals surface area (Å²) in [5, 5.41) is 10.5. The molecule has 0 heterocycles. The molecule has 1 atom stereocenters. The number of hydrogen-bond acceptors (Lipinski definition) is 6. The third-order valence-corrected chi connectivity index (χ3v) is 5.23. The molecule has 2 rings (SSSR count). The standard InChI is InChI=1S/C28H35FO6/c1-6-33-25-17-24(18(4)5)23(14-13-21(30)15-22(31)16-26(32)34-7-2)27(28(25)35-8-3)19-9-11-20(29)12-10-19/h9-14,17-18,21,30H,6-8,15-16H2,1-5H3/b14-13+. The van der Waals surface area contributed by atoms with E-state index in [0.717, 1.165) is 16.7 Å². The molecule has 6 nitrogen and oxygen atoms in total. The molecule has 0 spiro atoms. The molecule has 0 aliphatic carbocycles. The van der Waals surface area contributed by atoms with Gasteiger partial charge in [-0.2, -0.15) is 0 Å². The van der Waals surface area contributed by atoms with E-state index in [1.165, 1.54) is 18.2 Å². The molecule has 0 radical (unpaired) electrons. The van der Waals surface area contributed by atoms with E-state index < -0.39 is 17.9 Å². The molecule has 35 heavy (non-hydrogen) atoms. The predicted octanol–water partition coefficient (Wildman–Crippen LogP) is 5.70. The van der Waals surface area contributed by atoms with E-state index in [1.54, 1.807) is 25.1 Å². The topological polar surface area (TPSA) is 82.1 Å². The normalized spacial score (nSPS) is 12.1. The first kappa shape index (κ1) is 28.1. The Kier molecular flexibility index (Phi) is 10.9. The molecule has 0 aliphatic rings. The minimum Gasteiger partial charge on any atom is -0.490 e. The summed E-state index contributed by atoms with van der Waals surface area (Å²) < 4.78 is 30.4. The third kappa shape index (κ3) is 7.92. The minimum absolute atomic E-state index is 0.0892. The van der Waals surface area contributed by atoms with Crippen LogP contribution < -0.4 is 9.47 Å². The van der Waals surface area contributed by atoms with Crippen molar-refractivity contribution in [1.82, 2.24) is 0 Å². The van der Waals surface area contributed by atoms with Crippen LogP contribution in [-0.2, 0) is 14.3 Å². The lowest BCUT2D eigenvalue weighted by Crippen LogP contribution is -2.16. The first-order chi connectivity index (χ1) is 16.7. The van der Waals surface area contributed by atoms with Crippen molar-refractivity contribution in [3.63, 3.8) is 0 Å². The van der Waals surface area contributed by atoms with Crippen molar-refractivity contribution in [1.29, 1.82) is 0 Å². The van der Waals surface area contributed by atoms with Crippen molar-refractivity contribution >= 4 is 17.8 Å². The molecule has 1 N–H and O–H groups in total. The van der Waals surface area contributed by atoms with Gasteiger partial charge in [-0.25, -0.2) is 4.39 Å². The monoisotopic (exact) mass is 486 g/mol. The summed E-state index contributed by atoms with van der Waals surface area (Å²) in [6.45, 7) is 10.5. The Labute approximate surface area is 206 Å². The number of ketones is 1. The van der Waals surface area contributed by atoms with E-state index in [4.69, 9.17) is 14.2 Å². The molecule has 0 saturated heterocycles. The van der Waals surface area contributed by atoms with E-state index in [1.807, 2.05) is 33.8 Å². The quantitative estimate of drug-likeness (QED) is 0.289. The SMILES string of the molecule is CCOC(=O)CC(=O)CC(O)/C=C/c1c(C(C)C)cc(OCC)c(OCC)c1-c1ccc(F)cc1. The third-order valence-electron chi connectivity index (χ3n) is 5.23. The van der Waals surface area contributed by atoms with Gasteiger partial charge in [0.1, 0.15) is 18.0 Å². The van der Waals surface area contributed by atoms with Crippen LogP contribution in [0, 0.1) is 5.82 Å². The van der Waals surface area contributed by atoms with Crippen LogP contribution in [0.1, 0.15) is 64.5 Å². The Morgan fingerprint density at radius 2 is 1.69 bits per heavy atom. The van der Waals surface area contributed by atoms with Crippen molar-refractivity contribution < 1.29 is 33.3 Å². The molecule has 0 saturated carbocycles. The zero-order valence-corrected chi connectivity index (χ0v) is 21.1. The van der Waals surface area contributed by atoms with Crippen LogP contribution in [0.2, 0.25) is 0 Å². The van der Waals surface area contributed by atoms with Crippen LogP contribution >= 0.6 is 0 Å². The first-order valence-electron chi connectivity index (χ1n) is 12.0. The van der Waals surface area contributed by atoms with E-state index in [0.29, 0.717) is 30.3 Å². The molecule has 2 aromatic carbocycles. The summed E-state index contributed by atoms with van der Waals surface area (Å²) in [5.41, 5.74) is 3.15. The Morgan fingerprint density at radius 1 is 1.03 bits per heavy atom. The molecule has 0 bridgehead atoms. The van der Waals surface area contributed by atoms with Crippen molar-refractivity contribution in [2.75, 3.05) is 19.8 Å². The zero-order chi connectivity index (χ0) is 26.0. The zero-order valence-electron chi connectivity index (χ0n) is 21.1. The highest BCUT2D eigenvalue weighted by atomic mass is 19.1. The number of carbonyl (C=O) groups is 2. The van der Waals surface area contributed by atoms with Crippen LogP contribution in [0.5, 0.6) is 11.5 Å². The van der Waals surface area contributed by atoms with Gasteiger partial charge in [0.2, 0.25) is 0 Å². The number of Topliss-reactive ketones (excluding diaryl/α,β-unsaturated/α-hetero) is 1. The highest BCUT2D eigenvalue weighted by Gasteiger charge is 2.22. The van der Waals surface area contributed by atoms with Gasteiger partial charge in [-0.05, 0) is 61.6 Å². The van der Waals surface area contributed by atoms with E-state index in [9.17, 15) is 19.1 Å². The number of carbonyl (C=O) groups excluding carboxylic acids is 2. The van der Waals surface area contributed by atoms with Crippen LogP contribution in [0.15, 0.2) is 36.4 Å². The molecule has 1 unspecified atom stereocenters. The van der Waals surface area contributed by atoms with E-state index >= 15 is 0 Å². The maximum absolute atomic E-state index is 13.7. The lowest BCUT2D eigenvalue weighted by atomic mass is 9.88. The maximum atomic E-state index is 13.7. The molecule has 0 fully saturated rings. The summed E-state index contributed by atoms with van der Waals surface area (Å²) in [7, 11) is 0. The van der Waals surface area contributed by atoms with Gasteiger partial charge in [0.15, 0.2) is 11.5 Å². The number of hydrogen-bond donors (Lipinski definition) is 1. The molecular formula is C28H35FO6. The average molecular weight is 487 g/mol. The van der Waals surface area contributed by atoms with Gasteiger partial charge in [-0.15, -0.1) is 0 Å². The Balaban J connectivity index is 2.57. The van der Waals surface area contributed by atoms with Crippen molar-refractivity contribution in [2.45, 2.75) is 59.5 Å². The minimum atomic E-state index is -1.10. The fraction of sp³-hybridized carbons (Fsp3) is 0.429. The molecule has 0 aliphatic heterocycles. The van der Waals surface area contributed by atoms with Gasteiger partial charge in [0.25, 0.3) is 0 Å². The van der Waals surface area contributed by atoms with Crippen LogP contribution in [0.3, 0.4) is 0 Å². The molecular weight excluding hydrogens is 451 g/mol. The van der Waals surface area contributed by atoms with E-state index in [2.05, 4.69) is 0 Å². The fourth-order valence-electron chi connectivity index (χ4n) is 3.74. The van der Waals surface area contributed by atoms with Gasteiger partial charge < -0.3 is 19.3 Å². The molecule has 0 amide bonds. The Morgan fingerprint density at radius 3 is 2.26 bits per heavy atom. The second kappa shape index (κ2) is 13.6. The summed E-state index contributed by atoms with van der Waals surface area (Å²) in [6, 6.07) is 8.02. The van der Waals surface area contributed by atoms with E-state index in [-0.39, 0.29) is 31.2 Å². The summed E-state index contributed by atoms with van der Waals surface area (Å²) in [4.78, 5) is 23.7. The maximum Gasteiger partial charge on any atom is 0.313 e. The number of rotatable bonds is 13. The van der Waals surface area contributed by atoms with Crippen LogP contribution in [0.25, 0.3) is 17.2 Å². The number of halogens is 1. The average Bonchev–Trinajstić information content (AvgIpc) is 2.79. The Bertz CT molecular complexity index is 1030. The second-order valence-electron chi connectivity index (χ2n) is 8.26. The lowest BCUT2D eigenvalue weighted by molar-refractivity contribution is -0.145. The number of aliphatic hydroxyl groups excluding tert-OH is 1. The molecule has 190 valence electrons. The van der Waals surface area contributed by atoms with Crippen molar-refractivity contribution in [3.8, 4) is 22.6 Å². The number of aliphatic hydroxyl groups is 1. The largest absolute Gasteiger partial charge is 0.490 e. The van der Waals surface area contributed by atoms with Gasteiger partial charge in [-0.3, -0.25) is 9.59 Å². The highest BCUT2D eigenvalue weighted by Crippen LogP contribution is 2.45. The van der Waals surface area contributed by atoms with Crippen LogP contribution in [0.4, 0.5) is 4.39 Å². The smallest absolute Gasteiger partial charge is 0.313 e. The summed E-state index contributed by atoms with van der Waals surface area (Å²) in [6.07, 6.45) is 1.57. The Hall–Kier alpha value is -3.19. The molecule has 0 aromatic heterocycles. The predicted molar refractivity (Wildman–Crippen MR) is 134 cm³/mol. The fourth-order valence-corrected chi connectivity index (χ4v) is 3.74. The number of ether oxygens (including phenoxy) is 3. The summed E-state index contributed by atoms with van der Waals surface area (Å²) >= 11 is 0. The number of esters is 1. The molecule has 7 heteroatoms. The summed E-state index contributed by atoms with van der Waals surface area (Å²) in [5.74, 6) is -0.180. The van der Waals surface area contributed by atoms with Crippen LogP contribution in [-0.4, -0.2) is 42.8 Å². The lowest BCUT2D eigenvalue weighted by Gasteiger charge is -2.23. The van der Waals surface area contributed by atoms with Crippen molar-refractivity contribution in [2.24, 2.45) is 0 Å². The molecule has 2 aromatic rings. The highest BCUT2D eigenvalue weighted by molar-refractivity contribution is 5.96. The second-order valence-corrected chi connectivity index (χ2v) is 8.26. The van der Waals surface area contributed by atoms with Gasteiger partial charge >= 0.3 is 5.97 Å². The first-order valence-corrected chi connectivity index (χ1v) is 12.0. The van der Waals surface area contributed by atoms with Gasteiger partial charge in [0, 0.05) is 12.0 Å². The van der Waals surface area contributed by atoms with Gasteiger partial charge in [-0.1, -0.05) is 38.1 Å². The van der Waals surface area contributed by atoms with Crippen molar-refractivity contribution in [3.05, 3.63) is 53.4 Å². The van der Waals surface area contributed by atoms with Gasteiger partial charge in [0.05, 0.1) is 25.9 Å². The number of benzene rings is 2.